The first-order valence-corrected chi connectivity index (χ1v) is 6.97. The van der Waals surface area contributed by atoms with Gasteiger partial charge in [0.2, 0.25) is 10.0 Å². The van der Waals surface area contributed by atoms with Gasteiger partial charge in [-0.15, -0.1) is 0 Å². The molecule has 0 saturated heterocycles. The summed E-state index contributed by atoms with van der Waals surface area (Å²) in [4.78, 5) is 4.00. The van der Waals surface area contributed by atoms with Crippen molar-refractivity contribution in [3.8, 4) is 11.8 Å². The third-order valence-corrected chi connectivity index (χ3v) is 4.23. The van der Waals surface area contributed by atoms with E-state index in [1.807, 2.05) is 0 Å². The van der Waals surface area contributed by atoms with Gasteiger partial charge >= 0.3 is 0 Å². The second kappa shape index (κ2) is 6.50. The predicted octanol–water partition coefficient (Wildman–Crippen LogP) is 0.456. The second-order valence-corrected chi connectivity index (χ2v) is 5.65. The molecular weight excluding hydrogens is 252 g/mol. The average molecular weight is 268 g/mol. The molecule has 98 valence electrons. The molecule has 0 aliphatic carbocycles. The summed E-state index contributed by atoms with van der Waals surface area (Å²) in [6.07, 6.45) is 3.15. The number of aliphatic hydroxyl groups is 1. The zero-order chi connectivity index (χ0) is 13.6. The maximum absolute atomic E-state index is 12.0. The van der Waals surface area contributed by atoms with Gasteiger partial charge in [-0.25, -0.2) is 12.7 Å². The van der Waals surface area contributed by atoms with E-state index in [4.69, 9.17) is 5.11 Å². The minimum absolute atomic E-state index is 0.0169. The van der Waals surface area contributed by atoms with Gasteiger partial charge in [0.15, 0.2) is 0 Å². The van der Waals surface area contributed by atoms with Crippen LogP contribution in [0, 0.1) is 11.8 Å². The summed E-state index contributed by atoms with van der Waals surface area (Å²) in [7, 11) is -1.98. The third-order valence-electron chi connectivity index (χ3n) is 2.34. The van der Waals surface area contributed by atoms with Gasteiger partial charge in [0, 0.05) is 38.0 Å². The Labute approximate surface area is 108 Å². The van der Waals surface area contributed by atoms with Gasteiger partial charge in [-0.2, -0.15) is 0 Å². The molecule has 0 unspecified atom stereocenters. The number of pyridine rings is 1. The van der Waals surface area contributed by atoms with Crippen LogP contribution in [0.25, 0.3) is 0 Å². The Bertz CT molecular complexity index is 558. The Hall–Kier alpha value is -1.42. The highest BCUT2D eigenvalue weighted by molar-refractivity contribution is 7.89. The fraction of sp³-hybridized carbons (Fsp3) is 0.417. The Kier molecular flexibility index (Phi) is 5.28. The van der Waals surface area contributed by atoms with Crippen LogP contribution in [0.1, 0.15) is 18.9 Å². The van der Waals surface area contributed by atoms with Crippen molar-refractivity contribution in [3.63, 3.8) is 0 Å². The smallest absolute Gasteiger partial charge is 0.244 e. The van der Waals surface area contributed by atoms with Crippen molar-refractivity contribution in [2.45, 2.75) is 18.2 Å². The number of nitrogens with zero attached hydrogens (tertiary/aromatic N) is 2. The number of sulfonamides is 1. The van der Waals surface area contributed by atoms with E-state index in [9.17, 15) is 8.42 Å². The third kappa shape index (κ3) is 3.53. The van der Waals surface area contributed by atoms with E-state index in [1.165, 1.54) is 29.8 Å². The molecule has 0 atom stereocenters. The molecule has 1 heterocycles. The number of rotatable bonds is 4. The van der Waals surface area contributed by atoms with E-state index >= 15 is 0 Å². The molecule has 18 heavy (non-hydrogen) atoms. The van der Waals surface area contributed by atoms with Crippen molar-refractivity contribution in [1.82, 2.24) is 9.29 Å². The van der Waals surface area contributed by atoms with Gasteiger partial charge in [-0.3, -0.25) is 4.98 Å². The van der Waals surface area contributed by atoms with Gasteiger partial charge in [0.1, 0.15) is 4.90 Å². The molecule has 0 aliphatic heterocycles. The highest BCUT2D eigenvalue weighted by Crippen LogP contribution is 2.13. The summed E-state index contributed by atoms with van der Waals surface area (Å²) in [6.45, 7) is 2.13. The van der Waals surface area contributed by atoms with Crippen LogP contribution in [0.4, 0.5) is 0 Å². The van der Waals surface area contributed by atoms with E-state index in [0.29, 0.717) is 18.5 Å². The van der Waals surface area contributed by atoms with Gasteiger partial charge in [0.25, 0.3) is 0 Å². The lowest BCUT2D eigenvalue weighted by atomic mass is 10.3. The summed E-state index contributed by atoms with van der Waals surface area (Å²) >= 11 is 0. The predicted molar refractivity (Wildman–Crippen MR) is 68.3 cm³/mol. The van der Waals surface area contributed by atoms with E-state index < -0.39 is 10.0 Å². The first-order valence-electron chi connectivity index (χ1n) is 5.53. The Morgan fingerprint density at radius 3 is 2.78 bits per heavy atom. The molecule has 1 N–H and O–H groups in total. The molecule has 1 aromatic heterocycles. The molecule has 0 fully saturated rings. The van der Waals surface area contributed by atoms with Crippen LogP contribution in [0.3, 0.4) is 0 Å². The molecule has 0 spiro atoms. The monoisotopic (exact) mass is 268 g/mol. The molecule has 0 radical (unpaired) electrons. The lowest BCUT2D eigenvalue weighted by molar-refractivity contribution is 0.305. The van der Waals surface area contributed by atoms with Crippen LogP contribution >= 0.6 is 0 Å². The van der Waals surface area contributed by atoms with Crippen LogP contribution in [0.5, 0.6) is 0 Å². The quantitative estimate of drug-likeness (QED) is 0.805. The van der Waals surface area contributed by atoms with Gasteiger partial charge in [0.05, 0.1) is 6.61 Å². The highest BCUT2D eigenvalue weighted by atomic mass is 32.2. The normalized spacial score (nSPS) is 11.1. The molecule has 1 rings (SSSR count). The lowest BCUT2D eigenvalue weighted by Gasteiger charge is -2.14. The summed E-state index contributed by atoms with van der Waals surface area (Å²) in [5.41, 5.74) is 0.522. The molecule has 0 aromatic carbocycles. The van der Waals surface area contributed by atoms with E-state index in [1.54, 1.807) is 6.92 Å². The molecular formula is C12H16N2O3S. The number of hydrogen-bond acceptors (Lipinski definition) is 4. The van der Waals surface area contributed by atoms with Crippen molar-refractivity contribution < 1.29 is 13.5 Å². The molecule has 0 amide bonds. The highest BCUT2D eigenvalue weighted by Gasteiger charge is 2.19. The van der Waals surface area contributed by atoms with Crippen molar-refractivity contribution in [3.05, 3.63) is 24.0 Å². The molecule has 0 saturated carbocycles. The molecule has 0 bridgehead atoms. The fourth-order valence-corrected chi connectivity index (χ4v) is 2.37. The van der Waals surface area contributed by atoms with Crippen LogP contribution in [0.15, 0.2) is 23.4 Å². The van der Waals surface area contributed by atoms with Crippen LogP contribution in [-0.2, 0) is 10.0 Å². The number of aliphatic hydroxyl groups excluding tert-OH is 1. The minimum atomic E-state index is -3.49. The Balaban J connectivity index is 3.07. The first kappa shape index (κ1) is 14.6. The summed E-state index contributed by atoms with van der Waals surface area (Å²) in [5, 5.41) is 8.61. The Morgan fingerprint density at radius 1 is 1.44 bits per heavy atom. The van der Waals surface area contributed by atoms with E-state index in [0.717, 1.165) is 0 Å². The molecule has 1 aromatic rings. The molecule has 6 heteroatoms. The van der Waals surface area contributed by atoms with Crippen molar-refractivity contribution in [2.75, 3.05) is 20.2 Å². The van der Waals surface area contributed by atoms with Crippen molar-refractivity contribution in [1.29, 1.82) is 0 Å². The van der Waals surface area contributed by atoms with E-state index in [-0.39, 0.29) is 11.5 Å². The van der Waals surface area contributed by atoms with Crippen molar-refractivity contribution in [2.24, 2.45) is 0 Å². The largest absolute Gasteiger partial charge is 0.395 e. The van der Waals surface area contributed by atoms with Crippen LogP contribution in [-0.4, -0.2) is 43.0 Å². The van der Waals surface area contributed by atoms with Crippen molar-refractivity contribution >= 4 is 10.0 Å². The summed E-state index contributed by atoms with van der Waals surface area (Å²) in [5.74, 6) is 5.48. The van der Waals surface area contributed by atoms with Crippen LogP contribution < -0.4 is 0 Å². The van der Waals surface area contributed by atoms with Gasteiger partial charge < -0.3 is 5.11 Å². The zero-order valence-electron chi connectivity index (χ0n) is 10.4. The first-order chi connectivity index (χ1) is 8.52. The summed E-state index contributed by atoms with van der Waals surface area (Å²) in [6, 6.07) is 1.48. The maximum atomic E-state index is 12.0. The topological polar surface area (TPSA) is 70.5 Å². The van der Waals surface area contributed by atoms with E-state index in [2.05, 4.69) is 16.8 Å². The van der Waals surface area contributed by atoms with Crippen LogP contribution in [0.2, 0.25) is 0 Å². The minimum Gasteiger partial charge on any atom is -0.395 e. The SMILES string of the molecule is CCN(C)S(=O)(=O)c1cncc(C#CCCO)c1. The average Bonchev–Trinajstić information content (AvgIpc) is 2.38. The Morgan fingerprint density at radius 2 is 2.17 bits per heavy atom. The fourth-order valence-electron chi connectivity index (χ4n) is 1.20. The second-order valence-electron chi connectivity index (χ2n) is 3.60. The standard InChI is InChI=1S/C12H16N2O3S/c1-3-14(2)18(16,17)12-8-11(9-13-10-12)6-4-5-7-15/h8-10,15H,3,5,7H2,1-2H3. The summed E-state index contributed by atoms with van der Waals surface area (Å²) < 4.78 is 25.3. The molecule has 0 aliphatic rings. The number of hydrogen-bond donors (Lipinski definition) is 1. The maximum Gasteiger partial charge on any atom is 0.244 e. The lowest BCUT2D eigenvalue weighted by Crippen LogP contribution is -2.26. The van der Waals surface area contributed by atoms with Gasteiger partial charge in [-0.1, -0.05) is 18.8 Å². The van der Waals surface area contributed by atoms with Gasteiger partial charge in [-0.05, 0) is 6.07 Å². The zero-order valence-corrected chi connectivity index (χ0v) is 11.2. The number of aromatic nitrogens is 1. The molecule has 5 nitrogen and oxygen atoms in total.